The lowest BCUT2D eigenvalue weighted by atomic mass is 10.3. The van der Waals surface area contributed by atoms with E-state index in [0.717, 1.165) is 0 Å². The van der Waals surface area contributed by atoms with E-state index in [2.05, 4.69) is 20.7 Å². The number of benzene rings is 1. The molecule has 0 unspecified atom stereocenters. The molecule has 1 aromatic rings. The van der Waals surface area contributed by atoms with E-state index in [9.17, 15) is 13.2 Å². The molecule has 0 fully saturated rings. The predicted octanol–water partition coefficient (Wildman–Crippen LogP) is 3.86. The van der Waals surface area contributed by atoms with E-state index in [1.54, 1.807) is 12.1 Å². The maximum atomic E-state index is 12.2. The minimum Gasteiger partial charge on any atom is -0.428 e. The number of ether oxygens (including phenoxy) is 1. The van der Waals surface area contributed by atoms with Crippen LogP contribution in [0.4, 0.5) is 13.2 Å². The van der Waals surface area contributed by atoms with Crippen molar-refractivity contribution in [3.8, 4) is 5.75 Å². The Kier molecular flexibility index (Phi) is 3.36. The molecule has 0 amide bonds. The molecule has 1 aromatic carbocycles. The van der Waals surface area contributed by atoms with Gasteiger partial charge in [0.1, 0.15) is 5.75 Å². The van der Waals surface area contributed by atoms with Crippen LogP contribution in [0.1, 0.15) is 0 Å². The highest BCUT2D eigenvalue weighted by Crippen LogP contribution is 2.21. The summed E-state index contributed by atoms with van der Waals surface area (Å²) in [6.45, 7) is 0. The van der Waals surface area contributed by atoms with Gasteiger partial charge in [-0.15, -0.1) is 0 Å². The fourth-order valence-corrected chi connectivity index (χ4v) is 1.05. The van der Waals surface area contributed by atoms with Gasteiger partial charge in [-0.2, -0.15) is 13.2 Å². The zero-order valence-electron chi connectivity index (χ0n) is 6.23. The van der Waals surface area contributed by atoms with Crippen LogP contribution >= 0.6 is 15.9 Å². The molecule has 0 bridgehead atoms. The van der Waals surface area contributed by atoms with Crippen molar-refractivity contribution >= 4 is 15.9 Å². The van der Waals surface area contributed by atoms with Gasteiger partial charge in [0.25, 0.3) is 0 Å². The second-order valence-electron chi connectivity index (χ2n) is 2.09. The van der Waals surface area contributed by atoms with Gasteiger partial charge in [-0.05, 0) is 18.2 Å². The zero-order chi connectivity index (χ0) is 9.84. The van der Waals surface area contributed by atoms with Crippen molar-refractivity contribution in [1.82, 2.24) is 0 Å². The molecular formula is C8H4BrF3O. The number of halogens is 4. The zero-order valence-corrected chi connectivity index (χ0v) is 7.82. The first-order valence-corrected chi connectivity index (χ1v) is 4.03. The van der Waals surface area contributed by atoms with E-state index in [1.807, 2.05) is 0 Å². The van der Waals surface area contributed by atoms with Crippen molar-refractivity contribution in [2.75, 3.05) is 0 Å². The van der Waals surface area contributed by atoms with Crippen molar-refractivity contribution in [3.05, 3.63) is 40.8 Å². The van der Waals surface area contributed by atoms with Gasteiger partial charge < -0.3 is 4.74 Å². The molecule has 13 heavy (non-hydrogen) atoms. The minimum absolute atomic E-state index is 0.0136. The molecule has 0 heterocycles. The van der Waals surface area contributed by atoms with Crippen molar-refractivity contribution in [3.63, 3.8) is 0 Å². The van der Waals surface area contributed by atoms with Gasteiger partial charge in [-0.25, -0.2) is 0 Å². The van der Waals surface area contributed by atoms with Crippen LogP contribution in [-0.4, -0.2) is 0 Å². The molecule has 0 aliphatic heterocycles. The van der Waals surface area contributed by atoms with E-state index in [1.165, 1.54) is 12.1 Å². The molecule has 0 spiro atoms. The Bertz CT molecular complexity index is 334. The van der Waals surface area contributed by atoms with Crippen LogP contribution in [0.25, 0.3) is 0 Å². The van der Waals surface area contributed by atoms with Crippen molar-refractivity contribution < 1.29 is 17.9 Å². The second kappa shape index (κ2) is 4.32. The third-order valence-electron chi connectivity index (χ3n) is 1.15. The third kappa shape index (κ3) is 3.10. The summed E-state index contributed by atoms with van der Waals surface area (Å²) in [6.07, 6.45) is -2.47. The maximum absolute atomic E-state index is 12.2. The second-order valence-corrected chi connectivity index (χ2v) is 3.01. The molecule has 0 N–H and O–H groups in total. The number of rotatable bonds is 2. The molecule has 0 aliphatic carbocycles. The quantitative estimate of drug-likeness (QED) is 0.727. The van der Waals surface area contributed by atoms with Gasteiger partial charge in [0.2, 0.25) is 0 Å². The summed E-state index contributed by atoms with van der Waals surface area (Å²) in [4.78, 5) is 0. The summed E-state index contributed by atoms with van der Waals surface area (Å²) in [7, 11) is 0. The van der Waals surface area contributed by atoms with Crippen LogP contribution in [0.3, 0.4) is 0 Å². The fraction of sp³-hybridized carbons (Fsp3) is 0. The summed E-state index contributed by atoms with van der Waals surface area (Å²) < 4.78 is 40.2. The lowest BCUT2D eigenvalue weighted by Gasteiger charge is -2.01. The standard InChI is InChI=1S/C8H4BrF3O/c9-5-2-1-3-6(4-5)13-8(12)7(10)11/h1-4H. The molecule has 0 aromatic heterocycles. The molecule has 70 valence electrons. The Morgan fingerprint density at radius 2 is 1.92 bits per heavy atom. The third-order valence-corrected chi connectivity index (χ3v) is 1.65. The Morgan fingerprint density at radius 1 is 1.23 bits per heavy atom. The monoisotopic (exact) mass is 252 g/mol. The van der Waals surface area contributed by atoms with E-state index in [-0.39, 0.29) is 5.75 Å². The van der Waals surface area contributed by atoms with E-state index in [4.69, 9.17) is 0 Å². The molecule has 5 heteroatoms. The average Bonchev–Trinajstić information content (AvgIpc) is 2.04. The van der Waals surface area contributed by atoms with Crippen LogP contribution in [0.15, 0.2) is 40.8 Å². The Labute approximate surface area is 80.9 Å². The van der Waals surface area contributed by atoms with E-state index >= 15 is 0 Å². The summed E-state index contributed by atoms with van der Waals surface area (Å²) >= 11 is 3.08. The van der Waals surface area contributed by atoms with Crippen LogP contribution < -0.4 is 4.74 Å². The van der Waals surface area contributed by atoms with Gasteiger partial charge in [0, 0.05) is 4.47 Å². The van der Waals surface area contributed by atoms with Gasteiger partial charge >= 0.3 is 12.1 Å². The van der Waals surface area contributed by atoms with Crippen molar-refractivity contribution in [2.24, 2.45) is 0 Å². The van der Waals surface area contributed by atoms with Gasteiger partial charge in [0.05, 0.1) is 0 Å². The van der Waals surface area contributed by atoms with Crippen LogP contribution in [0.2, 0.25) is 0 Å². The molecule has 1 rings (SSSR count). The molecule has 1 nitrogen and oxygen atoms in total. The molecular weight excluding hydrogens is 249 g/mol. The maximum Gasteiger partial charge on any atom is 0.344 e. The summed E-state index contributed by atoms with van der Waals surface area (Å²) in [6, 6.07) is 4.08. The van der Waals surface area contributed by atoms with Gasteiger partial charge in [-0.1, -0.05) is 22.0 Å². The average molecular weight is 253 g/mol. The first kappa shape index (κ1) is 10.1. The topological polar surface area (TPSA) is 9.23 Å². The lowest BCUT2D eigenvalue weighted by molar-refractivity contribution is 0.241. The highest BCUT2D eigenvalue weighted by molar-refractivity contribution is 9.10. The molecule has 0 radical (unpaired) electrons. The van der Waals surface area contributed by atoms with Crippen LogP contribution in [-0.2, 0) is 0 Å². The molecule has 0 saturated carbocycles. The van der Waals surface area contributed by atoms with E-state index < -0.39 is 12.1 Å². The number of hydrogen-bond donors (Lipinski definition) is 0. The largest absolute Gasteiger partial charge is 0.428 e. The van der Waals surface area contributed by atoms with E-state index in [0.29, 0.717) is 4.47 Å². The Balaban J connectivity index is 2.81. The summed E-state index contributed by atoms with van der Waals surface area (Å²) in [5.41, 5.74) is 0. The van der Waals surface area contributed by atoms with Gasteiger partial charge in [-0.3, -0.25) is 0 Å². The first-order valence-electron chi connectivity index (χ1n) is 3.24. The highest BCUT2D eigenvalue weighted by atomic mass is 79.9. The smallest absolute Gasteiger partial charge is 0.344 e. The lowest BCUT2D eigenvalue weighted by Crippen LogP contribution is -1.89. The van der Waals surface area contributed by atoms with Gasteiger partial charge in [0.15, 0.2) is 0 Å². The fourth-order valence-electron chi connectivity index (χ4n) is 0.673. The van der Waals surface area contributed by atoms with Crippen LogP contribution in [0, 0.1) is 0 Å². The summed E-state index contributed by atoms with van der Waals surface area (Å²) in [5, 5.41) is 0. The molecule has 0 aliphatic rings. The predicted molar refractivity (Wildman–Crippen MR) is 45.1 cm³/mol. The first-order chi connectivity index (χ1) is 6.09. The molecule has 0 saturated heterocycles. The molecule has 0 atom stereocenters. The van der Waals surface area contributed by atoms with Crippen molar-refractivity contribution in [2.45, 2.75) is 0 Å². The minimum atomic E-state index is -2.47. The Morgan fingerprint density at radius 3 is 2.46 bits per heavy atom. The summed E-state index contributed by atoms with van der Waals surface area (Å²) in [5.74, 6) is 0.0136. The SMILES string of the molecule is FC(F)=C(F)Oc1cccc(Br)c1. The normalized spacial score (nSPS) is 9.54. The number of hydrogen-bond acceptors (Lipinski definition) is 1. The Hall–Kier alpha value is -0.970. The highest BCUT2D eigenvalue weighted by Gasteiger charge is 2.07. The van der Waals surface area contributed by atoms with Crippen LogP contribution in [0.5, 0.6) is 5.75 Å². The van der Waals surface area contributed by atoms with Crippen molar-refractivity contribution in [1.29, 1.82) is 0 Å².